The van der Waals surface area contributed by atoms with E-state index in [0.29, 0.717) is 6.61 Å². The minimum absolute atomic E-state index is 0.0593. The van der Waals surface area contributed by atoms with Crippen LogP contribution in [0.5, 0.6) is 0 Å². The van der Waals surface area contributed by atoms with E-state index < -0.39 is 15.3 Å². The molecule has 24 heavy (non-hydrogen) atoms. The summed E-state index contributed by atoms with van der Waals surface area (Å²) in [5, 5.41) is 0.978. The smallest absolute Gasteiger partial charge is 0.218 e. The van der Waals surface area contributed by atoms with Crippen molar-refractivity contribution in [3.05, 3.63) is 35.4 Å². The van der Waals surface area contributed by atoms with Crippen LogP contribution in [0.15, 0.2) is 24.3 Å². The standard InChI is InChI=1S/C17H28N2O4S/c1-17(2,3)14-8-6-13(7-9-14)16-15(12-23-19(16)4)24(20,21)18-10-11-22-5/h6-9,15-16,18H,10-12H2,1-5H3. The van der Waals surface area contributed by atoms with Crippen LogP contribution in [0.25, 0.3) is 0 Å². The lowest BCUT2D eigenvalue weighted by Gasteiger charge is -2.25. The number of nitrogens with one attached hydrogen (secondary N) is 1. The summed E-state index contributed by atoms with van der Waals surface area (Å²) in [6.45, 7) is 7.20. The first-order chi connectivity index (χ1) is 11.2. The number of hydroxylamine groups is 2. The van der Waals surface area contributed by atoms with Gasteiger partial charge in [-0.05, 0) is 16.5 Å². The van der Waals surface area contributed by atoms with E-state index in [0.717, 1.165) is 5.56 Å². The Balaban J connectivity index is 2.23. The van der Waals surface area contributed by atoms with Gasteiger partial charge >= 0.3 is 0 Å². The van der Waals surface area contributed by atoms with Gasteiger partial charge in [-0.15, -0.1) is 0 Å². The molecule has 1 N–H and O–H groups in total. The maximum atomic E-state index is 12.6. The van der Waals surface area contributed by atoms with Crippen LogP contribution < -0.4 is 4.72 Å². The lowest BCUT2D eigenvalue weighted by Crippen LogP contribution is -2.40. The molecule has 2 unspecified atom stereocenters. The van der Waals surface area contributed by atoms with E-state index >= 15 is 0 Å². The van der Waals surface area contributed by atoms with Gasteiger partial charge in [-0.2, -0.15) is 5.06 Å². The van der Waals surface area contributed by atoms with E-state index in [-0.39, 0.29) is 24.6 Å². The van der Waals surface area contributed by atoms with E-state index in [2.05, 4.69) is 37.6 Å². The quantitative estimate of drug-likeness (QED) is 0.788. The Hall–Kier alpha value is -0.990. The lowest BCUT2D eigenvalue weighted by molar-refractivity contribution is -0.110. The van der Waals surface area contributed by atoms with Crippen LogP contribution in [0, 0.1) is 0 Å². The molecule has 2 rings (SSSR count). The molecular weight excluding hydrogens is 328 g/mol. The predicted molar refractivity (Wildman–Crippen MR) is 94.2 cm³/mol. The highest BCUT2D eigenvalue weighted by Crippen LogP contribution is 2.34. The topological polar surface area (TPSA) is 67.9 Å². The van der Waals surface area contributed by atoms with E-state index in [1.165, 1.54) is 5.56 Å². The second-order valence-electron chi connectivity index (χ2n) is 7.13. The van der Waals surface area contributed by atoms with E-state index in [1.807, 2.05) is 12.1 Å². The van der Waals surface area contributed by atoms with Crippen molar-refractivity contribution in [2.75, 3.05) is 33.9 Å². The fraction of sp³-hybridized carbons (Fsp3) is 0.647. The van der Waals surface area contributed by atoms with Crippen molar-refractivity contribution < 1.29 is 18.0 Å². The summed E-state index contributed by atoms with van der Waals surface area (Å²) in [6.07, 6.45) is 0. The van der Waals surface area contributed by atoms with Gasteiger partial charge in [-0.25, -0.2) is 13.1 Å². The SMILES string of the molecule is COCCNS(=O)(=O)C1CON(C)C1c1ccc(C(C)(C)C)cc1. The van der Waals surface area contributed by atoms with Crippen LogP contribution in [0.2, 0.25) is 0 Å². The molecule has 2 atom stereocenters. The largest absolute Gasteiger partial charge is 0.383 e. The second kappa shape index (κ2) is 7.49. The van der Waals surface area contributed by atoms with Gasteiger partial charge in [0, 0.05) is 20.7 Å². The minimum Gasteiger partial charge on any atom is -0.383 e. The van der Waals surface area contributed by atoms with Crippen LogP contribution in [0.3, 0.4) is 0 Å². The van der Waals surface area contributed by atoms with E-state index in [1.54, 1.807) is 19.2 Å². The summed E-state index contributed by atoms with van der Waals surface area (Å²) in [5.74, 6) is 0. The van der Waals surface area contributed by atoms with Crippen LogP contribution in [0.1, 0.15) is 37.9 Å². The number of benzene rings is 1. The molecule has 7 heteroatoms. The number of rotatable bonds is 6. The molecule has 0 saturated carbocycles. The number of sulfonamides is 1. The molecule has 1 fully saturated rings. The molecule has 0 aromatic heterocycles. The summed E-state index contributed by atoms with van der Waals surface area (Å²) in [7, 11) is -0.185. The van der Waals surface area contributed by atoms with Gasteiger partial charge in [-0.1, -0.05) is 45.0 Å². The zero-order valence-corrected chi connectivity index (χ0v) is 15.9. The normalized spacial score (nSPS) is 22.9. The van der Waals surface area contributed by atoms with Crippen LogP contribution in [0.4, 0.5) is 0 Å². The Morgan fingerprint density at radius 1 is 1.29 bits per heavy atom. The zero-order chi connectivity index (χ0) is 18.0. The third-order valence-corrected chi connectivity index (χ3v) is 6.11. The third kappa shape index (κ3) is 4.34. The van der Waals surface area contributed by atoms with E-state index in [4.69, 9.17) is 9.57 Å². The molecule has 1 aromatic carbocycles. The minimum atomic E-state index is -3.50. The fourth-order valence-electron chi connectivity index (χ4n) is 2.85. The molecule has 0 spiro atoms. The van der Waals surface area contributed by atoms with Crippen molar-refractivity contribution in [3.8, 4) is 0 Å². The van der Waals surface area contributed by atoms with Crippen LogP contribution in [-0.4, -0.2) is 52.6 Å². The second-order valence-corrected chi connectivity index (χ2v) is 9.11. The predicted octanol–water partition coefficient (Wildman–Crippen LogP) is 1.84. The Morgan fingerprint density at radius 2 is 1.92 bits per heavy atom. The van der Waals surface area contributed by atoms with Gasteiger partial charge < -0.3 is 4.74 Å². The maximum absolute atomic E-state index is 12.6. The number of ether oxygens (including phenoxy) is 1. The molecule has 136 valence electrons. The van der Waals surface area contributed by atoms with Crippen LogP contribution in [-0.2, 0) is 25.0 Å². The van der Waals surface area contributed by atoms with Crippen LogP contribution >= 0.6 is 0 Å². The third-order valence-electron chi connectivity index (χ3n) is 4.31. The van der Waals surface area contributed by atoms with Crippen molar-refractivity contribution in [1.29, 1.82) is 0 Å². The summed E-state index contributed by atoms with van der Waals surface area (Å²) >= 11 is 0. The van der Waals surface area contributed by atoms with Gasteiger partial charge in [0.2, 0.25) is 10.0 Å². The monoisotopic (exact) mass is 356 g/mol. The van der Waals surface area contributed by atoms with Crippen molar-refractivity contribution in [3.63, 3.8) is 0 Å². The fourth-order valence-corrected chi connectivity index (χ4v) is 4.34. The number of methoxy groups -OCH3 is 1. The molecule has 0 radical (unpaired) electrons. The highest BCUT2D eigenvalue weighted by molar-refractivity contribution is 7.90. The lowest BCUT2D eigenvalue weighted by atomic mass is 9.86. The Bertz CT molecular complexity index is 638. The average molecular weight is 356 g/mol. The van der Waals surface area contributed by atoms with Gasteiger partial charge in [0.05, 0.1) is 19.3 Å². The average Bonchev–Trinajstić information content (AvgIpc) is 2.89. The number of nitrogens with zero attached hydrogens (tertiary/aromatic N) is 1. The van der Waals surface area contributed by atoms with Crippen molar-refractivity contribution >= 4 is 10.0 Å². The Kier molecular flexibility index (Phi) is 6.04. The highest BCUT2D eigenvalue weighted by atomic mass is 32.2. The van der Waals surface area contributed by atoms with Gasteiger partial charge in [0.15, 0.2) is 0 Å². The summed E-state index contributed by atoms with van der Waals surface area (Å²) in [6, 6.07) is 7.77. The van der Waals surface area contributed by atoms with Gasteiger partial charge in [0.25, 0.3) is 0 Å². The molecule has 1 aliphatic rings. The molecule has 0 amide bonds. The Labute approximate surface area is 145 Å². The first kappa shape index (κ1) is 19.3. The molecule has 1 saturated heterocycles. The maximum Gasteiger partial charge on any atom is 0.218 e. The molecule has 1 heterocycles. The van der Waals surface area contributed by atoms with Gasteiger partial charge in [-0.3, -0.25) is 4.84 Å². The first-order valence-electron chi connectivity index (χ1n) is 8.10. The van der Waals surface area contributed by atoms with Crippen molar-refractivity contribution in [1.82, 2.24) is 9.79 Å². The Morgan fingerprint density at radius 3 is 2.46 bits per heavy atom. The summed E-state index contributed by atoms with van der Waals surface area (Å²) in [5.41, 5.74) is 2.21. The van der Waals surface area contributed by atoms with Crippen molar-refractivity contribution in [2.45, 2.75) is 37.5 Å². The van der Waals surface area contributed by atoms with Gasteiger partial charge in [0.1, 0.15) is 5.25 Å². The summed E-state index contributed by atoms with van der Waals surface area (Å²) in [4.78, 5) is 5.51. The molecule has 6 nitrogen and oxygen atoms in total. The first-order valence-corrected chi connectivity index (χ1v) is 9.65. The number of hydrogen-bond donors (Lipinski definition) is 1. The summed E-state index contributed by atoms with van der Waals surface area (Å²) < 4.78 is 32.7. The molecule has 0 bridgehead atoms. The highest BCUT2D eigenvalue weighted by Gasteiger charge is 2.43. The molecular formula is C17H28N2O4S. The number of hydrogen-bond acceptors (Lipinski definition) is 5. The van der Waals surface area contributed by atoms with Crippen molar-refractivity contribution in [2.24, 2.45) is 0 Å². The molecule has 1 aliphatic heterocycles. The molecule has 1 aromatic rings. The van der Waals surface area contributed by atoms with E-state index in [9.17, 15) is 8.42 Å². The molecule has 0 aliphatic carbocycles. The zero-order valence-electron chi connectivity index (χ0n) is 15.1.